The van der Waals surface area contributed by atoms with Gasteiger partial charge in [0.2, 0.25) is 0 Å². The lowest BCUT2D eigenvalue weighted by Crippen LogP contribution is -1.99. The van der Waals surface area contributed by atoms with Crippen molar-refractivity contribution in [2.24, 2.45) is 0 Å². The van der Waals surface area contributed by atoms with Gasteiger partial charge in [0.1, 0.15) is 11.5 Å². The molecule has 1 N–H and O–H groups in total. The van der Waals surface area contributed by atoms with Gasteiger partial charge in [-0.05, 0) is 55.3 Å². The van der Waals surface area contributed by atoms with Crippen LogP contribution in [-0.2, 0) is 0 Å². The zero-order valence-electron chi connectivity index (χ0n) is 10.6. The molecule has 0 unspecified atom stereocenters. The van der Waals surface area contributed by atoms with Gasteiger partial charge in [-0.15, -0.1) is 0 Å². The fourth-order valence-electron chi connectivity index (χ4n) is 1.75. The standard InChI is InChI=1S/C15H13ClO3/c1-9-3-4-11(16)8-14(9)19-12-5-6-13(15(17)18)10(2)7-12/h3-8H,1-2H3,(H,17,18). The fourth-order valence-corrected chi connectivity index (χ4v) is 1.91. The first kappa shape index (κ1) is 13.4. The Kier molecular flexibility index (Phi) is 3.76. The lowest BCUT2D eigenvalue weighted by atomic mass is 10.1. The Labute approximate surface area is 116 Å². The first-order chi connectivity index (χ1) is 8.97. The van der Waals surface area contributed by atoms with Crippen molar-refractivity contribution in [1.29, 1.82) is 0 Å². The van der Waals surface area contributed by atoms with E-state index in [1.54, 1.807) is 31.2 Å². The number of aromatic carboxylic acids is 1. The summed E-state index contributed by atoms with van der Waals surface area (Å²) in [4.78, 5) is 10.9. The van der Waals surface area contributed by atoms with Crippen LogP contribution in [0, 0.1) is 13.8 Å². The van der Waals surface area contributed by atoms with Gasteiger partial charge >= 0.3 is 5.97 Å². The summed E-state index contributed by atoms with van der Waals surface area (Å²) in [6, 6.07) is 10.3. The zero-order valence-corrected chi connectivity index (χ0v) is 11.4. The van der Waals surface area contributed by atoms with Crippen molar-refractivity contribution in [2.45, 2.75) is 13.8 Å². The Balaban J connectivity index is 2.31. The highest BCUT2D eigenvalue weighted by molar-refractivity contribution is 6.30. The van der Waals surface area contributed by atoms with Gasteiger partial charge in [0.05, 0.1) is 5.56 Å². The molecular formula is C15H13ClO3. The van der Waals surface area contributed by atoms with Crippen molar-refractivity contribution in [3.8, 4) is 11.5 Å². The molecule has 2 aromatic rings. The van der Waals surface area contributed by atoms with Gasteiger partial charge in [0, 0.05) is 5.02 Å². The average Bonchev–Trinajstić information content (AvgIpc) is 2.33. The molecule has 2 aromatic carbocycles. The topological polar surface area (TPSA) is 46.5 Å². The number of hydrogen-bond donors (Lipinski definition) is 1. The van der Waals surface area contributed by atoms with E-state index in [9.17, 15) is 4.79 Å². The van der Waals surface area contributed by atoms with Crippen molar-refractivity contribution in [3.05, 3.63) is 58.1 Å². The molecule has 0 bridgehead atoms. The van der Waals surface area contributed by atoms with Gasteiger partial charge in [-0.1, -0.05) is 17.7 Å². The summed E-state index contributed by atoms with van der Waals surface area (Å²) in [5.74, 6) is 0.311. The minimum absolute atomic E-state index is 0.273. The quantitative estimate of drug-likeness (QED) is 0.901. The third-order valence-electron chi connectivity index (χ3n) is 2.81. The molecule has 0 radical (unpaired) electrons. The molecule has 3 nitrogen and oxygen atoms in total. The summed E-state index contributed by atoms with van der Waals surface area (Å²) >= 11 is 5.92. The molecule has 0 aromatic heterocycles. The van der Waals surface area contributed by atoms with Crippen LogP contribution in [0.4, 0.5) is 0 Å². The van der Waals surface area contributed by atoms with Crippen LogP contribution in [0.15, 0.2) is 36.4 Å². The van der Waals surface area contributed by atoms with E-state index < -0.39 is 5.97 Å². The van der Waals surface area contributed by atoms with Crippen LogP contribution in [0.3, 0.4) is 0 Å². The number of benzene rings is 2. The average molecular weight is 277 g/mol. The summed E-state index contributed by atoms with van der Waals surface area (Å²) in [6.07, 6.45) is 0. The lowest BCUT2D eigenvalue weighted by Gasteiger charge is -2.10. The number of rotatable bonds is 3. The van der Waals surface area contributed by atoms with Crippen molar-refractivity contribution < 1.29 is 14.6 Å². The highest BCUT2D eigenvalue weighted by atomic mass is 35.5. The van der Waals surface area contributed by atoms with Gasteiger partial charge in [0.25, 0.3) is 0 Å². The molecule has 0 fully saturated rings. The number of carboxylic acids is 1. The Bertz CT molecular complexity index is 635. The van der Waals surface area contributed by atoms with Crippen LogP contribution in [0.25, 0.3) is 0 Å². The minimum atomic E-state index is -0.942. The first-order valence-corrected chi connectivity index (χ1v) is 6.13. The predicted octanol–water partition coefficient (Wildman–Crippen LogP) is 4.45. The maximum absolute atomic E-state index is 10.9. The Morgan fingerprint density at radius 3 is 2.47 bits per heavy atom. The lowest BCUT2D eigenvalue weighted by molar-refractivity contribution is 0.0696. The van der Waals surface area contributed by atoms with Crippen LogP contribution in [-0.4, -0.2) is 11.1 Å². The molecule has 0 saturated heterocycles. The van der Waals surface area contributed by atoms with E-state index in [-0.39, 0.29) is 5.56 Å². The molecule has 4 heteroatoms. The van der Waals surface area contributed by atoms with Crippen molar-refractivity contribution in [1.82, 2.24) is 0 Å². The number of ether oxygens (including phenoxy) is 1. The second-order valence-corrected chi connectivity index (χ2v) is 4.73. The molecule has 0 saturated carbocycles. The Hall–Kier alpha value is -2.00. The first-order valence-electron chi connectivity index (χ1n) is 5.75. The molecule has 2 rings (SSSR count). The number of carboxylic acid groups (broad SMARTS) is 1. The molecular weight excluding hydrogens is 264 g/mol. The van der Waals surface area contributed by atoms with E-state index in [1.807, 2.05) is 13.0 Å². The molecule has 0 heterocycles. The minimum Gasteiger partial charge on any atom is -0.478 e. The zero-order chi connectivity index (χ0) is 14.0. The van der Waals surface area contributed by atoms with E-state index in [0.717, 1.165) is 5.56 Å². The highest BCUT2D eigenvalue weighted by Gasteiger charge is 2.09. The van der Waals surface area contributed by atoms with Crippen molar-refractivity contribution in [3.63, 3.8) is 0 Å². The molecule has 19 heavy (non-hydrogen) atoms. The summed E-state index contributed by atoms with van der Waals surface area (Å²) in [7, 11) is 0. The number of carbonyl (C=O) groups is 1. The van der Waals surface area contributed by atoms with E-state index >= 15 is 0 Å². The van der Waals surface area contributed by atoms with E-state index in [0.29, 0.717) is 22.1 Å². The maximum atomic E-state index is 10.9. The Morgan fingerprint density at radius 2 is 1.84 bits per heavy atom. The van der Waals surface area contributed by atoms with E-state index in [1.165, 1.54) is 6.07 Å². The van der Waals surface area contributed by atoms with Crippen molar-refractivity contribution >= 4 is 17.6 Å². The molecule has 0 atom stereocenters. The third kappa shape index (κ3) is 3.06. The van der Waals surface area contributed by atoms with Crippen LogP contribution >= 0.6 is 11.6 Å². The maximum Gasteiger partial charge on any atom is 0.335 e. The summed E-state index contributed by atoms with van der Waals surface area (Å²) in [5.41, 5.74) is 1.89. The van der Waals surface area contributed by atoms with E-state index in [4.69, 9.17) is 21.4 Å². The van der Waals surface area contributed by atoms with Gasteiger partial charge in [-0.3, -0.25) is 0 Å². The normalized spacial score (nSPS) is 10.3. The Morgan fingerprint density at radius 1 is 1.11 bits per heavy atom. The second kappa shape index (κ2) is 5.33. The van der Waals surface area contributed by atoms with Crippen LogP contribution in [0.2, 0.25) is 5.02 Å². The molecule has 0 amide bonds. The summed E-state index contributed by atoms with van der Waals surface area (Å²) in [5, 5.41) is 9.57. The molecule has 0 aliphatic rings. The van der Waals surface area contributed by atoms with Crippen LogP contribution in [0.1, 0.15) is 21.5 Å². The molecule has 0 aliphatic carbocycles. The number of hydrogen-bond acceptors (Lipinski definition) is 2. The monoisotopic (exact) mass is 276 g/mol. The van der Waals surface area contributed by atoms with E-state index in [2.05, 4.69) is 0 Å². The van der Waals surface area contributed by atoms with Gasteiger partial charge in [0.15, 0.2) is 0 Å². The number of aryl methyl sites for hydroxylation is 2. The van der Waals surface area contributed by atoms with Gasteiger partial charge in [-0.25, -0.2) is 4.79 Å². The molecule has 98 valence electrons. The summed E-state index contributed by atoms with van der Waals surface area (Å²) in [6.45, 7) is 3.66. The largest absolute Gasteiger partial charge is 0.478 e. The second-order valence-electron chi connectivity index (χ2n) is 4.29. The van der Waals surface area contributed by atoms with Crippen LogP contribution in [0.5, 0.6) is 11.5 Å². The smallest absolute Gasteiger partial charge is 0.335 e. The fraction of sp³-hybridized carbons (Fsp3) is 0.133. The number of halogens is 1. The van der Waals surface area contributed by atoms with Crippen LogP contribution < -0.4 is 4.74 Å². The SMILES string of the molecule is Cc1ccc(Cl)cc1Oc1ccc(C(=O)O)c(C)c1. The molecule has 0 aliphatic heterocycles. The highest BCUT2D eigenvalue weighted by Crippen LogP contribution is 2.29. The third-order valence-corrected chi connectivity index (χ3v) is 3.04. The van der Waals surface area contributed by atoms with Crippen molar-refractivity contribution in [2.75, 3.05) is 0 Å². The van der Waals surface area contributed by atoms with Gasteiger partial charge < -0.3 is 9.84 Å². The molecule has 0 spiro atoms. The predicted molar refractivity (Wildman–Crippen MR) is 74.4 cm³/mol. The summed E-state index contributed by atoms with van der Waals surface area (Å²) < 4.78 is 5.73. The van der Waals surface area contributed by atoms with Gasteiger partial charge in [-0.2, -0.15) is 0 Å².